The third-order valence-electron chi connectivity index (χ3n) is 3.86. The molecule has 0 radical (unpaired) electrons. The lowest BCUT2D eigenvalue weighted by atomic mass is 10.1. The number of carbonyl (C=O) groups excluding carboxylic acids is 1. The molecule has 0 aliphatic heterocycles. The molecule has 124 valence electrons. The highest BCUT2D eigenvalue weighted by Crippen LogP contribution is 2.23. The summed E-state index contributed by atoms with van der Waals surface area (Å²) in [7, 11) is 0. The largest absolute Gasteiger partial charge is 0.456 e. The summed E-state index contributed by atoms with van der Waals surface area (Å²) in [5, 5.41) is 0. The minimum absolute atomic E-state index is 0.0596. The second-order valence-electron chi connectivity index (χ2n) is 5.60. The van der Waals surface area contributed by atoms with Crippen molar-refractivity contribution in [3.8, 4) is 0 Å². The van der Waals surface area contributed by atoms with Crippen LogP contribution in [0.15, 0.2) is 59.4 Å². The number of benzene rings is 2. The summed E-state index contributed by atoms with van der Waals surface area (Å²) >= 11 is 1.15. The van der Waals surface area contributed by atoms with Crippen molar-refractivity contribution in [2.45, 2.75) is 32.4 Å². The minimum Gasteiger partial charge on any atom is -0.456 e. The average molecular weight is 341 g/mol. The van der Waals surface area contributed by atoms with E-state index < -0.39 is 0 Å². The number of ether oxygens (including phenoxy) is 1. The molecule has 0 spiro atoms. The van der Waals surface area contributed by atoms with E-state index >= 15 is 0 Å². The number of thiazole rings is 1. The van der Waals surface area contributed by atoms with Crippen molar-refractivity contribution in [1.29, 1.82) is 0 Å². The van der Waals surface area contributed by atoms with E-state index in [1.54, 1.807) is 0 Å². The van der Waals surface area contributed by atoms with Crippen LogP contribution in [0, 0.1) is 0 Å². The summed E-state index contributed by atoms with van der Waals surface area (Å²) in [5.74, 6) is -0.386. The van der Waals surface area contributed by atoms with Gasteiger partial charge in [0.15, 0.2) is 0 Å². The van der Waals surface area contributed by atoms with Gasteiger partial charge in [-0.1, -0.05) is 67.1 Å². The zero-order valence-corrected chi connectivity index (χ0v) is 14.3. The molecule has 1 unspecified atom stereocenters. The third-order valence-corrected chi connectivity index (χ3v) is 4.82. The van der Waals surface area contributed by atoms with E-state index in [0.29, 0.717) is 0 Å². The Morgan fingerprint density at radius 2 is 1.83 bits per heavy atom. The normalized spacial score (nSPS) is 12.2. The van der Waals surface area contributed by atoms with E-state index in [2.05, 4.69) is 6.92 Å². The van der Waals surface area contributed by atoms with Crippen LogP contribution in [0.1, 0.15) is 31.4 Å². The van der Waals surface area contributed by atoms with Crippen molar-refractivity contribution >= 4 is 27.5 Å². The second-order valence-corrected chi connectivity index (χ2v) is 6.59. The molecule has 24 heavy (non-hydrogen) atoms. The van der Waals surface area contributed by atoms with E-state index in [9.17, 15) is 9.59 Å². The molecule has 0 saturated carbocycles. The Morgan fingerprint density at radius 3 is 2.58 bits per heavy atom. The maximum atomic E-state index is 12.4. The average Bonchev–Trinajstić information content (AvgIpc) is 2.91. The number of fused-ring (bicyclic) bond motifs is 1. The lowest BCUT2D eigenvalue weighted by molar-refractivity contribution is -0.150. The molecule has 0 fully saturated rings. The number of esters is 1. The van der Waals surface area contributed by atoms with Gasteiger partial charge >= 0.3 is 10.8 Å². The zero-order valence-electron chi connectivity index (χ0n) is 13.5. The van der Waals surface area contributed by atoms with Crippen LogP contribution in [-0.2, 0) is 16.1 Å². The number of hydrogen-bond donors (Lipinski definition) is 0. The smallest absolute Gasteiger partial charge is 0.326 e. The topological polar surface area (TPSA) is 48.3 Å². The summed E-state index contributed by atoms with van der Waals surface area (Å²) in [6, 6.07) is 17.2. The molecule has 0 saturated heterocycles. The van der Waals surface area contributed by atoms with Crippen LogP contribution in [0.4, 0.5) is 0 Å². The van der Waals surface area contributed by atoms with Crippen molar-refractivity contribution in [3.05, 3.63) is 69.8 Å². The van der Waals surface area contributed by atoms with Gasteiger partial charge in [-0.15, -0.1) is 0 Å². The summed E-state index contributed by atoms with van der Waals surface area (Å²) < 4.78 is 8.02. The van der Waals surface area contributed by atoms with Gasteiger partial charge in [0.05, 0.1) is 10.2 Å². The number of rotatable bonds is 6. The van der Waals surface area contributed by atoms with Crippen LogP contribution in [0.5, 0.6) is 0 Å². The number of aromatic nitrogens is 1. The van der Waals surface area contributed by atoms with Gasteiger partial charge in [0.2, 0.25) is 0 Å². The van der Waals surface area contributed by atoms with Gasteiger partial charge in [0.25, 0.3) is 0 Å². The number of hydrogen-bond acceptors (Lipinski definition) is 4. The molecule has 4 nitrogen and oxygen atoms in total. The van der Waals surface area contributed by atoms with Crippen molar-refractivity contribution in [2.75, 3.05) is 0 Å². The van der Waals surface area contributed by atoms with Gasteiger partial charge in [0.1, 0.15) is 12.6 Å². The third kappa shape index (κ3) is 3.57. The quantitative estimate of drug-likeness (QED) is 0.633. The van der Waals surface area contributed by atoms with Gasteiger partial charge < -0.3 is 4.74 Å². The number of para-hydroxylation sites is 1. The van der Waals surface area contributed by atoms with E-state index in [1.807, 2.05) is 54.6 Å². The Bertz CT molecular complexity index is 882. The van der Waals surface area contributed by atoms with Crippen LogP contribution in [0.2, 0.25) is 0 Å². The summed E-state index contributed by atoms with van der Waals surface area (Å²) in [5.41, 5.74) is 1.76. The molecular formula is C19H19NO3S. The number of carbonyl (C=O) groups is 1. The Morgan fingerprint density at radius 1 is 1.12 bits per heavy atom. The first-order valence-electron chi connectivity index (χ1n) is 8.02. The maximum Gasteiger partial charge on any atom is 0.326 e. The first kappa shape index (κ1) is 16.5. The van der Waals surface area contributed by atoms with Crippen molar-refractivity contribution in [1.82, 2.24) is 4.57 Å². The van der Waals surface area contributed by atoms with Crippen molar-refractivity contribution in [3.63, 3.8) is 0 Å². The molecule has 5 heteroatoms. The van der Waals surface area contributed by atoms with Gasteiger partial charge in [-0.05, 0) is 24.1 Å². The fourth-order valence-electron chi connectivity index (χ4n) is 2.71. The predicted octanol–water partition coefficient (Wildman–Crippen LogP) is 4.15. The highest BCUT2D eigenvalue weighted by Gasteiger charge is 2.18. The van der Waals surface area contributed by atoms with Crippen molar-refractivity contribution < 1.29 is 9.53 Å². The Hall–Kier alpha value is -2.40. The molecular weight excluding hydrogens is 322 g/mol. The monoisotopic (exact) mass is 341 g/mol. The van der Waals surface area contributed by atoms with Crippen LogP contribution in [0.3, 0.4) is 0 Å². The molecule has 1 atom stereocenters. The Kier molecular flexibility index (Phi) is 5.11. The molecule has 3 aromatic rings. The van der Waals surface area contributed by atoms with Gasteiger partial charge in [0, 0.05) is 0 Å². The Labute approximate surface area is 144 Å². The van der Waals surface area contributed by atoms with Gasteiger partial charge in [-0.2, -0.15) is 0 Å². The fraction of sp³-hybridized carbons (Fsp3) is 0.263. The van der Waals surface area contributed by atoms with Crippen LogP contribution < -0.4 is 4.87 Å². The zero-order chi connectivity index (χ0) is 16.9. The van der Waals surface area contributed by atoms with E-state index in [1.165, 1.54) is 4.57 Å². The maximum absolute atomic E-state index is 12.4. The minimum atomic E-state index is -0.386. The standard InChI is InChI=1S/C19H19NO3S/c1-2-8-16(14-9-4-3-5-10-14)23-18(21)13-20-15-11-6-7-12-17(15)24-19(20)22/h3-7,9-12,16H,2,8,13H2,1H3. The summed E-state index contributed by atoms with van der Waals surface area (Å²) in [4.78, 5) is 24.4. The van der Waals surface area contributed by atoms with E-state index in [4.69, 9.17) is 4.74 Å². The summed E-state index contributed by atoms with van der Waals surface area (Å²) in [6.45, 7) is 2.00. The van der Waals surface area contributed by atoms with Gasteiger partial charge in [-0.25, -0.2) is 0 Å². The Balaban J connectivity index is 1.78. The lowest BCUT2D eigenvalue weighted by Crippen LogP contribution is -2.22. The molecule has 1 aromatic heterocycles. The molecule has 1 heterocycles. The molecule has 3 rings (SSSR count). The highest BCUT2D eigenvalue weighted by atomic mass is 32.1. The lowest BCUT2D eigenvalue weighted by Gasteiger charge is -2.18. The van der Waals surface area contributed by atoms with E-state index in [-0.39, 0.29) is 23.5 Å². The first-order chi connectivity index (χ1) is 11.7. The van der Waals surface area contributed by atoms with Crippen LogP contribution in [0.25, 0.3) is 10.2 Å². The highest BCUT2D eigenvalue weighted by molar-refractivity contribution is 7.16. The molecule has 0 amide bonds. The van der Waals surface area contributed by atoms with E-state index in [0.717, 1.165) is 40.0 Å². The molecule has 0 bridgehead atoms. The SMILES string of the molecule is CCCC(OC(=O)Cn1c(=O)sc2ccccc21)c1ccccc1. The first-order valence-corrected chi connectivity index (χ1v) is 8.83. The molecule has 0 N–H and O–H groups in total. The summed E-state index contributed by atoms with van der Waals surface area (Å²) in [6.07, 6.45) is 1.40. The predicted molar refractivity (Wildman–Crippen MR) is 96.3 cm³/mol. The molecule has 2 aromatic carbocycles. The van der Waals surface area contributed by atoms with Crippen LogP contribution >= 0.6 is 11.3 Å². The number of nitrogens with zero attached hydrogens (tertiary/aromatic N) is 1. The van der Waals surface area contributed by atoms with Crippen LogP contribution in [-0.4, -0.2) is 10.5 Å². The van der Waals surface area contributed by atoms with Crippen molar-refractivity contribution in [2.24, 2.45) is 0 Å². The second kappa shape index (κ2) is 7.45. The van der Waals surface area contributed by atoms with Gasteiger partial charge in [-0.3, -0.25) is 14.2 Å². The molecule has 0 aliphatic carbocycles. The molecule has 0 aliphatic rings. The fourth-order valence-corrected chi connectivity index (χ4v) is 3.60.